The molecule has 0 aliphatic rings. The van der Waals surface area contributed by atoms with Crippen molar-refractivity contribution in [3.63, 3.8) is 0 Å². The van der Waals surface area contributed by atoms with Gasteiger partial charge in [0.15, 0.2) is 0 Å². The van der Waals surface area contributed by atoms with Gasteiger partial charge in [-0.1, -0.05) is 13.0 Å². The predicted octanol–water partition coefficient (Wildman–Crippen LogP) is 2.94. The van der Waals surface area contributed by atoms with Gasteiger partial charge in [-0.15, -0.1) is 0 Å². The number of carbonyl (C=O) groups excluding carboxylic acids is 1. The average Bonchev–Trinajstić information content (AvgIpc) is 2.87. The number of hydrogen-bond donors (Lipinski definition) is 2. The van der Waals surface area contributed by atoms with Crippen molar-refractivity contribution in [1.29, 1.82) is 0 Å². The molecule has 1 unspecified atom stereocenters. The fraction of sp³-hybridized carbons (Fsp3) is 0.312. The Hall–Kier alpha value is -2.14. The Morgan fingerprint density at radius 3 is 2.90 bits per heavy atom. The second-order valence-electron chi connectivity index (χ2n) is 4.96. The summed E-state index contributed by atoms with van der Waals surface area (Å²) in [5.74, 6) is -0.547. The normalized spacial score (nSPS) is 12.1. The summed E-state index contributed by atoms with van der Waals surface area (Å²) in [4.78, 5) is 11.9. The first-order valence-corrected chi connectivity index (χ1v) is 7.03. The van der Waals surface area contributed by atoms with E-state index in [1.807, 2.05) is 23.0 Å². The molecule has 0 fully saturated rings. The number of amides is 1. The van der Waals surface area contributed by atoms with Gasteiger partial charge in [0.25, 0.3) is 0 Å². The molecule has 1 aromatic carbocycles. The molecule has 4 nitrogen and oxygen atoms in total. The standard InChI is InChI=1S/C16H20FN3O/c1-3-18-12(2)13-7-8-20(10-13)11-16(21)19-15-6-4-5-14(17)9-15/h4-10,12,18H,3,11H2,1-2H3,(H,19,21). The lowest BCUT2D eigenvalue weighted by molar-refractivity contribution is -0.116. The fourth-order valence-electron chi connectivity index (χ4n) is 2.17. The third-order valence-corrected chi connectivity index (χ3v) is 3.22. The molecular weight excluding hydrogens is 269 g/mol. The van der Waals surface area contributed by atoms with E-state index >= 15 is 0 Å². The first-order chi connectivity index (χ1) is 10.1. The molecule has 5 heteroatoms. The van der Waals surface area contributed by atoms with Crippen LogP contribution in [0.25, 0.3) is 0 Å². The summed E-state index contributed by atoms with van der Waals surface area (Å²) in [6.07, 6.45) is 3.81. The third kappa shape index (κ3) is 4.43. The van der Waals surface area contributed by atoms with Crippen molar-refractivity contribution in [2.75, 3.05) is 11.9 Å². The number of anilines is 1. The molecule has 2 aromatic rings. The van der Waals surface area contributed by atoms with Crippen LogP contribution in [-0.2, 0) is 11.3 Å². The Morgan fingerprint density at radius 2 is 2.19 bits per heavy atom. The van der Waals surface area contributed by atoms with Gasteiger partial charge in [0.1, 0.15) is 12.4 Å². The first kappa shape index (κ1) is 15.3. The average molecular weight is 289 g/mol. The molecule has 1 amide bonds. The van der Waals surface area contributed by atoms with E-state index in [-0.39, 0.29) is 24.3 Å². The lowest BCUT2D eigenvalue weighted by Crippen LogP contribution is -2.19. The van der Waals surface area contributed by atoms with Crippen molar-refractivity contribution in [2.45, 2.75) is 26.4 Å². The van der Waals surface area contributed by atoms with Gasteiger partial charge in [-0.25, -0.2) is 4.39 Å². The number of benzene rings is 1. The lowest BCUT2D eigenvalue weighted by atomic mass is 10.2. The monoisotopic (exact) mass is 289 g/mol. The maximum absolute atomic E-state index is 13.0. The molecule has 1 aromatic heterocycles. The number of rotatable bonds is 6. The van der Waals surface area contributed by atoms with Crippen molar-refractivity contribution < 1.29 is 9.18 Å². The minimum Gasteiger partial charge on any atom is -0.345 e. The fourth-order valence-corrected chi connectivity index (χ4v) is 2.17. The highest BCUT2D eigenvalue weighted by Gasteiger charge is 2.08. The molecule has 0 aliphatic carbocycles. The van der Waals surface area contributed by atoms with Gasteiger partial charge < -0.3 is 15.2 Å². The van der Waals surface area contributed by atoms with E-state index in [0.717, 1.165) is 12.1 Å². The summed E-state index contributed by atoms with van der Waals surface area (Å²) in [6.45, 7) is 5.23. The van der Waals surface area contributed by atoms with Gasteiger partial charge >= 0.3 is 0 Å². The van der Waals surface area contributed by atoms with Crippen LogP contribution in [0.1, 0.15) is 25.5 Å². The molecule has 0 radical (unpaired) electrons. The van der Waals surface area contributed by atoms with Gasteiger partial charge in [0, 0.05) is 24.1 Å². The summed E-state index contributed by atoms with van der Waals surface area (Å²) < 4.78 is 14.9. The largest absolute Gasteiger partial charge is 0.345 e. The zero-order valence-electron chi connectivity index (χ0n) is 12.3. The second kappa shape index (κ2) is 7.04. The number of halogens is 1. The first-order valence-electron chi connectivity index (χ1n) is 7.03. The van der Waals surface area contributed by atoms with Gasteiger partial charge in [0.05, 0.1) is 0 Å². The summed E-state index contributed by atoms with van der Waals surface area (Å²) in [7, 11) is 0. The van der Waals surface area contributed by atoms with Crippen molar-refractivity contribution in [1.82, 2.24) is 9.88 Å². The molecule has 1 heterocycles. The Kier molecular flexibility index (Phi) is 5.11. The maximum atomic E-state index is 13.0. The molecule has 21 heavy (non-hydrogen) atoms. The Morgan fingerprint density at radius 1 is 1.38 bits per heavy atom. The number of carbonyl (C=O) groups is 1. The number of nitrogens with zero attached hydrogens (tertiary/aromatic N) is 1. The van der Waals surface area contributed by atoms with Crippen LogP contribution in [0.4, 0.5) is 10.1 Å². The van der Waals surface area contributed by atoms with E-state index in [1.54, 1.807) is 12.1 Å². The molecule has 0 saturated carbocycles. The second-order valence-corrected chi connectivity index (χ2v) is 4.96. The van der Waals surface area contributed by atoms with Crippen LogP contribution in [0.3, 0.4) is 0 Å². The van der Waals surface area contributed by atoms with Crippen molar-refractivity contribution >= 4 is 11.6 Å². The van der Waals surface area contributed by atoms with Crippen LogP contribution in [0.2, 0.25) is 0 Å². The predicted molar refractivity (Wildman–Crippen MR) is 81.6 cm³/mol. The molecule has 2 N–H and O–H groups in total. The van der Waals surface area contributed by atoms with Crippen molar-refractivity contribution in [2.24, 2.45) is 0 Å². The van der Waals surface area contributed by atoms with E-state index in [1.165, 1.54) is 12.1 Å². The van der Waals surface area contributed by atoms with E-state index in [0.29, 0.717) is 5.69 Å². The topological polar surface area (TPSA) is 46.1 Å². The van der Waals surface area contributed by atoms with E-state index < -0.39 is 0 Å². The zero-order valence-corrected chi connectivity index (χ0v) is 12.3. The molecule has 0 bridgehead atoms. The number of aromatic nitrogens is 1. The van der Waals surface area contributed by atoms with Gasteiger partial charge in [-0.05, 0) is 43.3 Å². The van der Waals surface area contributed by atoms with Crippen LogP contribution in [0.5, 0.6) is 0 Å². The summed E-state index contributed by atoms with van der Waals surface area (Å²) in [5, 5.41) is 6.00. The molecular formula is C16H20FN3O. The van der Waals surface area contributed by atoms with Crippen molar-refractivity contribution in [3.05, 3.63) is 54.1 Å². The minimum atomic E-state index is -0.365. The smallest absolute Gasteiger partial charge is 0.244 e. The highest BCUT2D eigenvalue weighted by atomic mass is 19.1. The summed E-state index contributed by atoms with van der Waals surface area (Å²) in [5.41, 5.74) is 1.60. The van der Waals surface area contributed by atoms with Crippen LogP contribution in [-0.4, -0.2) is 17.0 Å². The summed E-state index contributed by atoms with van der Waals surface area (Å²) in [6, 6.07) is 8.11. The number of hydrogen-bond acceptors (Lipinski definition) is 2. The van der Waals surface area contributed by atoms with E-state index in [9.17, 15) is 9.18 Å². The van der Waals surface area contributed by atoms with Crippen LogP contribution >= 0.6 is 0 Å². The van der Waals surface area contributed by atoms with Crippen molar-refractivity contribution in [3.8, 4) is 0 Å². The van der Waals surface area contributed by atoms with Crippen LogP contribution in [0.15, 0.2) is 42.7 Å². The van der Waals surface area contributed by atoms with Crippen LogP contribution < -0.4 is 10.6 Å². The molecule has 0 spiro atoms. The Labute approximate surface area is 124 Å². The summed E-state index contributed by atoms with van der Waals surface area (Å²) >= 11 is 0. The highest BCUT2D eigenvalue weighted by Crippen LogP contribution is 2.13. The van der Waals surface area contributed by atoms with Crippen LogP contribution in [0, 0.1) is 5.82 Å². The minimum absolute atomic E-state index is 0.182. The molecule has 1 atom stereocenters. The quantitative estimate of drug-likeness (QED) is 0.859. The Bertz CT molecular complexity index is 609. The van der Waals surface area contributed by atoms with E-state index in [4.69, 9.17) is 0 Å². The molecule has 0 aliphatic heterocycles. The molecule has 0 saturated heterocycles. The van der Waals surface area contributed by atoms with Gasteiger partial charge in [-0.2, -0.15) is 0 Å². The SMILES string of the molecule is CCNC(C)c1ccn(CC(=O)Nc2cccc(F)c2)c1. The molecule has 112 valence electrons. The highest BCUT2D eigenvalue weighted by molar-refractivity contribution is 5.90. The number of nitrogens with one attached hydrogen (secondary N) is 2. The maximum Gasteiger partial charge on any atom is 0.244 e. The van der Waals surface area contributed by atoms with Gasteiger partial charge in [0.2, 0.25) is 5.91 Å². The third-order valence-electron chi connectivity index (χ3n) is 3.22. The van der Waals surface area contributed by atoms with Gasteiger partial charge in [-0.3, -0.25) is 4.79 Å². The zero-order chi connectivity index (χ0) is 15.2. The lowest BCUT2D eigenvalue weighted by Gasteiger charge is -2.10. The molecule has 2 rings (SSSR count). The Balaban J connectivity index is 1.94. The van der Waals surface area contributed by atoms with E-state index in [2.05, 4.69) is 24.5 Å².